The molecule has 0 unspecified atom stereocenters. The molecule has 106 valence electrons. The van der Waals surface area contributed by atoms with Crippen LogP contribution in [-0.2, 0) is 4.74 Å². The third kappa shape index (κ3) is 2.11. The van der Waals surface area contributed by atoms with Crippen molar-refractivity contribution in [3.63, 3.8) is 0 Å². The average molecular weight is 358 g/mol. The Balaban J connectivity index is 2.09. The summed E-state index contributed by atoms with van der Waals surface area (Å²) in [5.41, 5.74) is 1.02. The summed E-state index contributed by atoms with van der Waals surface area (Å²) in [4.78, 5) is 11.2. The Hall–Kier alpha value is -0.832. The molecule has 2 radical (unpaired) electrons. The number of ether oxygens (including phenoxy) is 1. The van der Waals surface area contributed by atoms with Crippen LogP contribution in [-0.4, -0.2) is 76.6 Å². The maximum absolute atomic E-state index is 10.0. The van der Waals surface area contributed by atoms with Crippen molar-refractivity contribution < 1.29 is 20.1 Å². The summed E-state index contributed by atoms with van der Waals surface area (Å²) in [6.07, 6.45) is -2.58. The third-order valence-electron chi connectivity index (χ3n) is 3.23. The summed E-state index contributed by atoms with van der Waals surface area (Å²) in [5, 5.41) is 28.9. The number of aliphatic hydroxyl groups is 3. The van der Waals surface area contributed by atoms with Gasteiger partial charge in [0.05, 0.1) is 0 Å². The summed E-state index contributed by atoms with van der Waals surface area (Å²) in [6, 6.07) is 0. The molecule has 0 amide bonds. The molecule has 4 atom stereocenters. The molecule has 1 aliphatic rings. The number of aromatic nitrogens is 4. The Morgan fingerprint density at radius 1 is 1.45 bits per heavy atom. The van der Waals surface area contributed by atoms with E-state index in [9.17, 15) is 10.2 Å². The number of hydrogen-bond donors (Lipinski definition) is 4. The van der Waals surface area contributed by atoms with Gasteiger partial charge in [0.25, 0.3) is 0 Å². The SMILES string of the molecule is OC[C@H]1O[C@@H](n2cnc3c(=S)nc([As])[nH]c32)[C@H](O)[C@@H]1O. The predicted octanol–water partition coefficient (Wildman–Crippen LogP) is -2.11. The van der Waals surface area contributed by atoms with Gasteiger partial charge in [-0.15, -0.1) is 0 Å². The van der Waals surface area contributed by atoms with Gasteiger partial charge in [0.1, 0.15) is 0 Å². The molecule has 20 heavy (non-hydrogen) atoms. The van der Waals surface area contributed by atoms with Gasteiger partial charge < -0.3 is 0 Å². The van der Waals surface area contributed by atoms with Gasteiger partial charge in [-0.05, 0) is 0 Å². The van der Waals surface area contributed by atoms with Gasteiger partial charge in [0.15, 0.2) is 0 Å². The molecular weight excluding hydrogens is 347 g/mol. The molecule has 2 aromatic rings. The van der Waals surface area contributed by atoms with Gasteiger partial charge in [-0.3, -0.25) is 0 Å². The van der Waals surface area contributed by atoms with Gasteiger partial charge in [0.2, 0.25) is 0 Å². The summed E-state index contributed by atoms with van der Waals surface area (Å²) < 4.78 is 7.87. The van der Waals surface area contributed by atoms with Gasteiger partial charge in [-0.25, -0.2) is 0 Å². The van der Waals surface area contributed by atoms with Gasteiger partial charge in [-0.2, -0.15) is 0 Å². The van der Waals surface area contributed by atoms with E-state index >= 15 is 0 Å². The molecule has 1 aliphatic heterocycles. The molecule has 8 nitrogen and oxygen atoms in total. The van der Waals surface area contributed by atoms with Crippen LogP contribution in [0.3, 0.4) is 0 Å². The van der Waals surface area contributed by atoms with E-state index in [1.165, 1.54) is 10.9 Å². The van der Waals surface area contributed by atoms with Crippen LogP contribution in [0.2, 0.25) is 0 Å². The zero-order valence-corrected chi connectivity index (χ0v) is 12.7. The minimum absolute atomic E-state index is 0.333. The summed E-state index contributed by atoms with van der Waals surface area (Å²) in [6.45, 7) is -0.380. The van der Waals surface area contributed by atoms with Crippen molar-refractivity contribution in [2.75, 3.05) is 6.61 Å². The Labute approximate surface area is 126 Å². The first-order valence-corrected chi connectivity index (χ1v) is 7.16. The van der Waals surface area contributed by atoms with E-state index in [2.05, 4.69) is 31.8 Å². The molecule has 1 saturated heterocycles. The third-order valence-corrected chi connectivity index (χ3v) is 3.95. The Morgan fingerprint density at radius 2 is 2.20 bits per heavy atom. The zero-order valence-electron chi connectivity index (χ0n) is 10.0. The second kappa shape index (κ2) is 5.18. The van der Waals surface area contributed by atoms with Crippen molar-refractivity contribution in [3.05, 3.63) is 11.0 Å². The molecule has 0 saturated carbocycles. The quantitative estimate of drug-likeness (QED) is 0.359. The van der Waals surface area contributed by atoms with Crippen molar-refractivity contribution in [2.24, 2.45) is 0 Å². The van der Waals surface area contributed by atoms with Crippen LogP contribution < -0.4 is 4.61 Å². The van der Waals surface area contributed by atoms with E-state index in [0.717, 1.165) is 0 Å². The van der Waals surface area contributed by atoms with E-state index in [-0.39, 0.29) is 6.61 Å². The monoisotopic (exact) mass is 358 g/mol. The summed E-state index contributed by atoms with van der Waals surface area (Å²) in [7, 11) is 0. The number of aromatic amines is 1. The van der Waals surface area contributed by atoms with Crippen molar-refractivity contribution in [3.8, 4) is 0 Å². The predicted molar refractivity (Wildman–Crippen MR) is 71.1 cm³/mol. The number of hydrogen-bond acceptors (Lipinski definition) is 7. The molecule has 4 N–H and O–H groups in total. The van der Waals surface area contributed by atoms with Crippen LogP contribution >= 0.6 is 12.2 Å². The fraction of sp³-hybridized carbons (Fsp3) is 0.500. The second-order valence-electron chi connectivity index (χ2n) is 4.44. The fourth-order valence-corrected chi connectivity index (χ4v) is 3.05. The molecule has 0 spiro atoms. The van der Waals surface area contributed by atoms with Crippen LogP contribution in [0.1, 0.15) is 6.23 Å². The van der Waals surface area contributed by atoms with Crippen molar-refractivity contribution in [1.29, 1.82) is 0 Å². The Morgan fingerprint density at radius 3 is 2.85 bits per heavy atom. The zero-order chi connectivity index (χ0) is 14.4. The summed E-state index contributed by atoms with van der Waals surface area (Å²) >= 11 is 7.35. The van der Waals surface area contributed by atoms with Crippen LogP contribution in [0.25, 0.3) is 11.2 Å². The van der Waals surface area contributed by atoms with E-state index in [1.54, 1.807) is 0 Å². The first-order chi connectivity index (χ1) is 9.52. The first-order valence-electron chi connectivity index (χ1n) is 5.81. The number of H-pyrrole nitrogens is 1. The van der Waals surface area contributed by atoms with Gasteiger partial charge >= 0.3 is 127 Å². The molecule has 10 heteroatoms. The molecule has 3 heterocycles. The number of fused-ring (bicyclic) bond motifs is 1. The van der Waals surface area contributed by atoms with Crippen molar-refractivity contribution in [2.45, 2.75) is 24.5 Å². The summed E-state index contributed by atoms with van der Waals surface area (Å²) in [5.74, 6) is 0. The molecule has 0 aromatic carbocycles. The van der Waals surface area contributed by atoms with Gasteiger partial charge in [0, 0.05) is 0 Å². The Bertz CT molecular complexity index is 704. The first kappa shape index (κ1) is 14.1. The second-order valence-corrected chi connectivity index (χ2v) is 5.72. The molecule has 0 aliphatic carbocycles. The van der Waals surface area contributed by atoms with Crippen LogP contribution in [0.4, 0.5) is 0 Å². The normalized spacial score (nSPS) is 30.2. The Kier molecular flexibility index (Phi) is 3.65. The number of imidazole rings is 1. The molecular formula is C10H11AsN4O4S. The average Bonchev–Trinajstić information content (AvgIpc) is 2.93. The van der Waals surface area contributed by atoms with Gasteiger partial charge in [-0.1, -0.05) is 0 Å². The van der Waals surface area contributed by atoms with Crippen LogP contribution in [0.5, 0.6) is 0 Å². The van der Waals surface area contributed by atoms with E-state index in [4.69, 9.17) is 22.1 Å². The topological polar surface area (TPSA) is 116 Å². The van der Waals surface area contributed by atoms with E-state index < -0.39 is 24.5 Å². The van der Waals surface area contributed by atoms with E-state index in [0.29, 0.717) is 20.4 Å². The van der Waals surface area contributed by atoms with Crippen LogP contribution in [0.15, 0.2) is 6.33 Å². The molecule has 2 aromatic heterocycles. The van der Waals surface area contributed by atoms with E-state index in [1.807, 2.05) is 0 Å². The van der Waals surface area contributed by atoms with Crippen LogP contribution in [0, 0.1) is 4.64 Å². The number of rotatable bonds is 2. The van der Waals surface area contributed by atoms with Crippen molar-refractivity contribution >= 4 is 44.8 Å². The molecule has 3 rings (SSSR count). The molecule has 1 fully saturated rings. The minimum atomic E-state index is -1.17. The number of nitrogens with one attached hydrogen (secondary N) is 1. The molecule has 0 bridgehead atoms. The maximum atomic E-state index is 10.0. The number of nitrogens with zero attached hydrogens (tertiary/aromatic N) is 3. The number of aliphatic hydroxyl groups excluding tert-OH is 3. The fourth-order valence-electron chi connectivity index (χ4n) is 2.23. The standard InChI is InChI=1S/C10H11AsN4O4S/c11-10-13-7-4(8(20)14-10)12-2-15(7)9-6(18)5(17)3(1-16)19-9/h2-3,5-6,9,16-18H,1H2,(H,13,14,20)/t3-,5-,6-,9-/m1/s1. The van der Waals surface area contributed by atoms with Crippen molar-refractivity contribution in [1.82, 2.24) is 19.5 Å².